The first-order valence-corrected chi connectivity index (χ1v) is 7.58. The van der Waals surface area contributed by atoms with E-state index in [0.717, 1.165) is 34.1 Å². The van der Waals surface area contributed by atoms with E-state index >= 15 is 0 Å². The van der Waals surface area contributed by atoms with Crippen molar-refractivity contribution in [2.75, 3.05) is 6.61 Å². The predicted molar refractivity (Wildman–Crippen MR) is 77.8 cm³/mol. The zero-order valence-electron chi connectivity index (χ0n) is 9.25. The molecule has 0 saturated heterocycles. The second-order valence-electron chi connectivity index (χ2n) is 4.09. The monoisotopic (exact) mass is 390 g/mol. The van der Waals surface area contributed by atoms with Gasteiger partial charge in [0.2, 0.25) is 0 Å². The van der Waals surface area contributed by atoms with Crippen LogP contribution in [0.1, 0.15) is 21.7 Å². The fourth-order valence-electron chi connectivity index (χ4n) is 2.10. The minimum Gasteiger partial charge on any atom is -0.493 e. The lowest BCUT2D eigenvalue weighted by atomic mass is 10.0. The van der Waals surface area contributed by atoms with Crippen LogP contribution in [0.5, 0.6) is 5.75 Å². The molecule has 1 aromatic heterocycles. The molecule has 0 saturated carbocycles. The van der Waals surface area contributed by atoms with Crippen LogP contribution in [-0.2, 0) is 6.42 Å². The summed E-state index contributed by atoms with van der Waals surface area (Å²) in [6, 6.07) is 7.67. The molecule has 0 radical (unpaired) electrons. The van der Waals surface area contributed by atoms with Crippen LogP contribution in [-0.4, -0.2) is 6.61 Å². The average molecular weight is 392 g/mol. The van der Waals surface area contributed by atoms with Crippen molar-refractivity contribution in [1.82, 2.24) is 0 Å². The maximum Gasteiger partial charge on any atom is 0.169 e. The summed E-state index contributed by atoms with van der Waals surface area (Å²) in [5.41, 5.74) is 2.17. The number of ether oxygens (including phenoxy) is 1. The lowest BCUT2D eigenvalue weighted by molar-refractivity contribution is 0.353. The van der Waals surface area contributed by atoms with Crippen LogP contribution < -0.4 is 4.74 Å². The first-order chi connectivity index (χ1) is 8.65. The van der Waals surface area contributed by atoms with E-state index in [1.54, 1.807) is 0 Å². The topological polar surface area (TPSA) is 22.4 Å². The average Bonchev–Trinajstić information content (AvgIpc) is 2.95. The van der Waals surface area contributed by atoms with Crippen molar-refractivity contribution in [2.45, 2.75) is 11.2 Å². The number of furan rings is 1. The third-order valence-electron chi connectivity index (χ3n) is 2.89. The van der Waals surface area contributed by atoms with Crippen molar-refractivity contribution in [3.8, 4) is 5.75 Å². The van der Waals surface area contributed by atoms with Gasteiger partial charge in [0.15, 0.2) is 4.67 Å². The summed E-state index contributed by atoms with van der Waals surface area (Å²) < 4.78 is 12.0. The summed E-state index contributed by atoms with van der Waals surface area (Å²) in [4.78, 5) is -0.0608. The molecule has 0 bridgehead atoms. The van der Waals surface area contributed by atoms with Crippen molar-refractivity contribution in [1.29, 1.82) is 0 Å². The summed E-state index contributed by atoms with van der Waals surface area (Å²) in [7, 11) is 0. The molecule has 5 heteroatoms. The Morgan fingerprint density at radius 3 is 2.83 bits per heavy atom. The lowest BCUT2D eigenvalue weighted by Crippen LogP contribution is -1.96. The van der Waals surface area contributed by atoms with Gasteiger partial charge < -0.3 is 9.15 Å². The van der Waals surface area contributed by atoms with Gasteiger partial charge in [-0.1, -0.05) is 27.5 Å². The highest BCUT2D eigenvalue weighted by Gasteiger charge is 2.24. The molecule has 2 heterocycles. The Bertz CT molecular complexity index is 595. The van der Waals surface area contributed by atoms with Crippen molar-refractivity contribution >= 4 is 43.5 Å². The van der Waals surface area contributed by atoms with Crippen LogP contribution in [0.25, 0.3) is 0 Å². The molecule has 94 valence electrons. The first kappa shape index (κ1) is 12.6. The van der Waals surface area contributed by atoms with Gasteiger partial charge in [-0.3, -0.25) is 0 Å². The third-order valence-corrected chi connectivity index (χ3v) is 4.48. The predicted octanol–water partition coefficient (Wildman–Crippen LogP) is 5.11. The quantitative estimate of drug-likeness (QED) is 0.663. The molecule has 0 spiro atoms. The van der Waals surface area contributed by atoms with Gasteiger partial charge in [-0.05, 0) is 45.8 Å². The minimum absolute atomic E-state index is 0.0608. The summed E-state index contributed by atoms with van der Waals surface area (Å²) in [5.74, 6) is 1.75. The standard InChI is InChI=1S/C13H9Br2ClO2/c14-11-2-1-10(18-11)12(15)9-6-8(16)5-7-3-4-17-13(7)9/h1-2,5-6,12H,3-4H2. The van der Waals surface area contributed by atoms with Gasteiger partial charge in [0.05, 0.1) is 6.61 Å². The Balaban J connectivity index is 2.06. The number of alkyl halides is 1. The lowest BCUT2D eigenvalue weighted by Gasteiger charge is -2.12. The molecule has 1 unspecified atom stereocenters. The Labute approximate surface area is 127 Å². The zero-order chi connectivity index (χ0) is 12.7. The van der Waals surface area contributed by atoms with E-state index in [9.17, 15) is 0 Å². The second kappa shape index (κ2) is 4.91. The van der Waals surface area contributed by atoms with Gasteiger partial charge >= 0.3 is 0 Å². The molecule has 2 aromatic rings. The Hall–Kier alpha value is -0.450. The summed E-state index contributed by atoms with van der Waals surface area (Å²) >= 11 is 13.1. The largest absolute Gasteiger partial charge is 0.493 e. The Morgan fingerprint density at radius 1 is 1.28 bits per heavy atom. The number of rotatable bonds is 2. The van der Waals surface area contributed by atoms with Gasteiger partial charge in [0.1, 0.15) is 16.3 Å². The maximum absolute atomic E-state index is 6.15. The molecule has 1 aromatic carbocycles. The Kier molecular flexibility index (Phi) is 3.43. The summed E-state index contributed by atoms with van der Waals surface area (Å²) in [6.45, 7) is 0.713. The molecular formula is C13H9Br2ClO2. The molecule has 3 rings (SSSR count). The Morgan fingerprint density at radius 2 is 2.11 bits per heavy atom. The van der Waals surface area contributed by atoms with E-state index in [-0.39, 0.29) is 4.83 Å². The molecule has 1 aliphatic rings. The smallest absolute Gasteiger partial charge is 0.169 e. The molecule has 1 atom stereocenters. The van der Waals surface area contributed by atoms with Crippen LogP contribution in [0.2, 0.25) is 5.02 Å². The summed E-state index contributed by atoms with van der Waals surface area (Å²) in [5, 5.41) is 0.726. The van der Waals surface area contributed by atoms with Crippen molar-refractivity contribution in [3.05, 3.63) is 50.8 Å². The SMILES string of the molecule is Clc1cc2c(c(C(Br)c3ccc(Br)o3)c1)OCC2. The van der Waals surface area contributed by atoms with Crippen LogP contribution in [0, 0.1) is 0 Å². The van der Waals surface area contributed by atoms with Crippen LogP contribution in [0.15, 0.2) is 33.4 Å². The number of halogens is 3. The van der Waals surface area contributed by atoms with E-state index in [2.05, 4.69) is 31.9 Å². The van der Waals surface area contributed by atoms with E-state index in [1.807, 2.05) is 24.3 Å². The van der Waals surface area contributed by atoms with E-state index in [0.29, 0.717) is 11.3 Å². The third kappa shape index (κ3) is 2.22. The highest BCUT2D eigenvalue weighted by atomic mass is 79.9. The van der Waals surface area contributed by atoms with Gasteiger partial charge in [0.25, 0.3) is 0 Å². The number of hydrogen-bond donors (Lipinski definition) is 0. The van der Waals surface area contributed by atoms with E-state index in [4.69, 9.17) is 20.8 Å². The second-order valence-corrected chi connectivity index (χ2v) is 6.22. The molecule has 1 aliphatic heterocycles. The highest BCUT2D eigenvalue weighted by molar-refractivity contribution is 9.10. The van der Waals surface area contributed by atoms with Crippen molar-refractivity contribution in [3.63, 3.8) is 0 Å². The van der Waals surface area contributed by atoms with Gasteiger partial charge in [-0.25, -0.2) is 0 Å². The minimum atomic E-state index is -0.0608. The number of hydrogen-bond acceptors (Lipinski definition) is 2. The van der Waals surface area contributed by atoms with E-state index in [1.165, 1.54) is 0 Å². The number of fused-ring (bicyclic) bond motifs is 1. The van der Waals surface area contributed by atoms with E-state index < -0.39 is 0 Å². The van der Waals surface area contributed by atoms with Gasteiger partial charge in [-0.15, -0.1) is 0 Å². The maximum atomic E-state index is 6.15. The zero-order valence-corrected chi connectivity index (χ0v) is 13.2. The van der Waals surface area contributed by atoms with Crippen molar-refractivity contribution < 1.29 is 9.15 Å². The number of benzene rings is 1. The molecule has 0 fully saturated rings. The molecular weight excluding hydrogens is 383 g/mol. The van der Waals surface area contributed by atoms with Crippen LogP contribution in [0.3, 0.4) is 0 Å². The summed E-state index contributed by atoms with van der Waals surface area (Å²) in [6.07, 6.45) is 0.907. The normalized spacial score (nSPS) is 15.3. The fraction of sp³-hybridized carbons (Fsp3) is 0.231. The molecule has 0 amide bonds. The van der Waals surface area contributed by atoms with Crippen molar-refractivity contribution in [2.24, 2.45) is 0 Å². The molecule has 18 heavy (non-hydrogen) atoms. The first-order valence-electron chi connectivity index (χ1n) is 5.49. The highest BCUT2D eigenvalue weighted by Crippen LogP contribution is 2.43. The van der Waals surface area contributed by atoms with Crippen LogP contribution in [0.4, 0.5) is 0 Å². The van der Waals surface area contributed by atoms with Gasteiger partial charge in [-0.2, -0.15) is 0 Å². The fourth-order valence-corrected chi connectivity index (χ4v) is 3.26. The molecule has 2 nitrogen and oxygen atoms in total. The molecule has 0 aliphatic carbocycles. The van der Waals surface area contributed by atoms with Gasteiger partial charge in [0, 0.05) is 17.0 Å². The van der Waals surface area contributed by atoms with Crippen LogP contribution >= 0.6 is 43.5 Å². The molecule has 0 N–H and O–H groups in total.